The van der Waals surface area contributed by atoms with Gasteiger partial charge in [0.2, 0.25) is 0 Å². The fourth-order valence-corrected chi connectivity index (χ4v) is 3.20. The molecule has 0 aromatic carbocycles. The summed E-state index contributed by atoms with van der Waals surface area (Å²) >= 11 is 0. The Balaban J connectivity index is 1.83. The third-order valence-electron chi connectivity index (χ3n) is 4.71. The molecule has 0 radical (unpaired) electrons. The predicted molar refractivity (Wildman–Crippen MR) is 88.8 cm³/mol. The van der Waals surface area contributed by atoms with Gasteiger partial charge in [0.1, 0.15) is 0 Å². The monoisotopic (exact) mass is 307 g/mol. The van der Waals surface area contributed by atoms with Crippen molar-refractivity contribution in [2.24, 2.45) is 17.5 Å². The fourth-order valence-electron chi connectivity index (χ4n) is 3.20. The van der Waals surface area contributed by atoms with Crippen LogP contribution in [0.5, 0.6) is 0 Å². The van der Waals surface area contributed by atoms with Crippen molar-refractivity contribution < 1.29 is 4.74 Å². The van der Waals surface area contributed by atoms with Crippen molar-refractivity contribution in [3.05, 3.63) is 18.0 Å². The number of aryl methyl sites for hydroxylation is 1. The number of hydrogen-bond acceptors (Lipinski definition) is 3. The summed E-state index contributed by atoms with van der Waals surface area (Å²) in [5.74, 6) is 0.852. The highest BCUT2D eigenvalue weighted by Crippen LogP contribution is 2.40. The number of hydrogen-bond donors (Lipinski definition) is 2. The van der Waals surface area contributed by atoms with Gasteiger partial charge in [0.15, 0.2) is 5.96 Å². The number of guanidine groups is 1. The lowest BCUT2D eigenvalue weighted by atomic mass is 9.83. The zero-order valence-corrected chi connectivity index (χ0v) is 14.1. The van der Waals surface area contributed by atoms with Crippen LogP contribution < -0.4 is 10.6 Å². The topological polar surface area (TPSA) is 63.5 Å². The number of nitrogens with one attached hydrogen (secondary N) is 2. The van der Waals surface area contributed by atoms with Crippen molar-refractivity contribution in [3.63, 3.8) is 0 Å². The van der Waals surface area contributed by atoms with E-state index in [1.807, 2.05) is 31.0 Å². The van der Waals surface area contributed by atoms with E-state index in [0.717, 1.165) is 37.8 Å². The van der Waals surface area contributed by atoms with Crippen molar-refractivity contribution >= 4 is 5.96 Å². The van der Waals surface area contributed by atoms with Gasteiger partial charge in [0, 0.05) is 40.6 Å². The molecule has 0 atom stereocenters. The molecule has 1 aromatic heterocycles. The molecule has 22 heavy (non-hydrogen) atoms. The number of nitrogens with zero attached hydrogens (tertiary/aromatic N) is 3. The molecule has 0 aliphatic heterocycles. The quantitative estimate of drug-likeness (QED) is 0.594. The number of methoxy groups -OCH3 is 1. The second kappa shape index (κ2) is 8.17. The van der Waals surface area contributed by atoms with E-state index in [2.05, 4.69) is 20.7 Å². The van der Waals surface area contributed by atoms with Gasteiger partial charge in [-0.05, 0) is 30.7 Å². The SMILES string of the molecule is CN=C(NCc1ccnn1C)NCC1(CCOC)CCCC1. The van der Waals surface area contributed by atoms with E-state index in [1.54, 1.807) is 7.11 Å². The van der Waals surface area contributed by atoms with E-state index in [1.165, 1.54) is 25.7 Å². The molecule has 124 valence electrons. The lowest BCUT2D eigenvalue weighted by Crippen LogP contribution is -2.43. The van der Waals surface area contributed by atoms with Crippen LogP contribution in [0.4, 0.5) is 0 Å². The van der Waals surface area contributed by atoms with E-state index >= 15 is 0 Å². The Hall–Kier alpha value is -1.56. The highest BCUT2D eigenvalue weighted by Gasteiger charge is 2.33. The molecular formula is C16H29N5O. The zero-order chi connectivity index (χ0) is 15.8. The van der Waals surface area contributed by atoms with Crippen LogP contribution in [-0.2, 0) is 18.3 Å². The minimum atomic E-state index is 0.361. The molecule has 0 amide bonds. The summed E-state index contributed by atoms with van der Waals surface area (Å²) in [5, 5.41) is 11.0. The van der Waals surface area contributed by atoms with E-state index in [0.29, 0.717) is 5.41 Å². The van der Waals surface area contributed by atoms with E-state index in [-0.39, 0.29) is 0 Å². The average Bonchev–Trinajstić information content (AvgIpc) is 3.15. The molecular weight excluding hydrogens is 278 g/mol. The Morgan fingerprint density at radius 2 is 2.18 bits per heavy atom. The van der Waals surface area contributed by atoms with Crippen LogP contribution >= 0.6 is 0 Å². The van der Waals surface area contributed by atoms with E-state index < -0.39 is 0 Å². The van der Waals surface area contributed by atoms with Gasteiger partial charge in [0.25, 0.3) is 0 Å². The van der Waals surface area contributed by atoms with Crippen molar-refractivity contribution in [2.75, 3.05) is 27.3 Å². The maximum atomic E-state index is 5.29. The Morgan fingerprint density at radius 3 is 2.77 bits per heavy atom. The Morgan fingerprint density at radius 1 is 1.41 bits per heavy atom. The van der Waals surface area contributed by atoms with Crippen LogP contribution in [0.15, 0.2) is 17.3 Å². The molecule has 1 aliphatic rings. The normalized spacial score (nSPS) is 17.7. The first-order chi connectivity index (χ1) is 10.7. The summed E-state index contributed by atoms with van der Waals surface area (Å²) in [7, 11) is 5.55. The van der Waals surface area contributed by atoms with Crippen molar-refractivity contribution in [2.45, 2.75) is 38.6 Å². The lowest BCUT2D eigenvalue weighted by Gasteiger charge is -2.29. The number of ether oxygens (including phenoxy) is 1. The number of aliphatic imine (C=N–C) groups is 1. The molecule has 6 heteroatoms. The van der Waals surface area contributed by atoms with Gasteiger partial charge in [-0.25, -0.2) is 0 Å². The molecule has 0 bridgehead atoms. The van der Waals surface area contributed by atoms with Crippen LogP contribution in [-0.4, -0.2) is 43.0 Å². The van der Waals surface area contributed by atoms with Crippen LogP contribution in [0.2, 0.25) is 0 Å². The highest BCUT2D eigenvalue weighted by atomic mass is 16.5. The average molecular weight is 307 g/mol. The second-order valence-corrected chi connectivity index (χ2v) is 6.18. The Bertz CT molecular complexity index is 477. The molecule has 0 saturated heterocycles. The van der Waals surface area contributed by atoms with E-state index in [4.69, 9.17) is 4.74 Å². The van der Waals surface area contributed by atoms with Crippen molar-refractivity contribution in [1.29, 1.82) is 0 Å². The molecule has 6 nitrogen and oxygen atoms in total. The second-order valence-electron chi connectivity index (χ2n) is 6.18. The van der Waals surface area contributed by atoms with Crippen LogP contribution in [0, 0.1) is 5.41 Å². The number of rotatable bonds is 7. The predicted octanol–water partition coefficient (Wildman–Crippen LogP) is 1.68. The molecule has 0 spiro atoms. The summed E-state index contributed by atoms with van der Waals surface area (Å²) in [6.07, 6.45) is 8.14. The minimum absolute atomic E-state index is 0.361. The van der Waals surface area contributed by atoms with Crippen molar-refractivity contribution in [3.8, 4) is 0 Å². The summed E-state index contributed by atoms with van der Waals surface area (Å²) < 4.78 is 7.16. The van der Waals surface area contributed by atoms with Gasteiger partial charge >= 0.3 is 0 Å². The van der Waals surface area contributed by atoms with Crippen molar-refractivity contribution in [1.82, 2.24) is 20.4 Å². The van der Waals surface area contributed by atoms with Gasteiger partial charge in [-0.1, -0.05) is 12.8 Å². The summed E-state index contributed by atoms with van der Waals surface area (Å²) in [5.41, 5.74) is 1.50. The first kappa shape index (κ1) is 16.8. The lowest BCUT2D eigenvalue weighted by molar-refractivity contribution is 0.138. The Labute approximate surface area is 133 Å². The van der Waals surface area contributed by atoms with Crippen LogP contribution in [0.3, 0.4) is 0 Å². The molecule has 2 rings (SSSR count). The van der Waals surface area contributed by atoms with Gasteiger partial charge in [-0.15, -0.1) is 0 Å². The first-order valence-electron chi connectivity index (χ1n) is 8.09. The van der Waals surface area contributed by atoms with Crippen LogP contribution in [0.1, 0.15) is 37.8 Å². The molecule has 0 unspecified atom stereocenters. The summed E-state index contributed by atoms with van der Waals surface area (Å²) in [6, 6.07) is 2.01. The molecule has 1 fully saturated rings. The third kappa shape index (κ3) is 4.47. The maximum absolute atomic E-state index is 5.29. The largest absolute Gasteiger partial charge is 0.385 e. The smallest absolute Gasteiger partial charge is 0.191 e. The van der Waals surface area contributed by atoms with Gasteiger partial charge < -0.3 is 15.4 Å². The third-order valence-corrected chi connectivity index (χ3v) is 4.71. The number of aromatic nitrogens is 2. The van der Waals surface area contributed by atoms with Gasteiger partial charge in [0.05, 0.1) is 12.2 Å². The molecule has 1 aliphatic carbocycles. The summed E-state index contributed by atoms with van der Waals surface area (Å²) in [4.78, 5) is 4.32. The Kier molecular flexibility index (Phi) is 6.24. The zero-order valence-electron chi connectivity index (χ0n) is 14.1. The molecule has 2 N–H and O–H groups in total. The van der Waals surface area contributed by atoms with Gasteiger partial charge in [-0.3, -0.25) is 9.67 Å². The minimum Gasteiger partial charge on any atom is -0.385 e. The standard InChI is InChI=1S/C16H29N5O/c1-17-15(18-12-14-6-10-20-21(14)2)19-13-16(9-11-22-3)7-4-5-8-16/h6,10H,4-5,7-9,11-13H2,1-3H3,(H2,17,18,19). The first-order valence-corrected chi connectivity index (χ1v) is 8.09. The molecule has 1 saturated carbocycles. The van der Waals surface area contributed by atoms with Gasteiger partial charge in [-0.2, -0.15) is 5.10 Å². The summed E-state index contributed by atoms with van der Waals surface area (Å²) in [6.45, 7) is 2.52. The maximum Gasteiger partial charge on any atom is 0.191 e. The molecule has 1 heterocycles. The molecule has 1 aromatic rings. The van der Waals surface area contributed by atoms with Crippen LogP contribution in [0.25, 0.3) is 0 Å². The highest BCUT2D eigenvalue weighted by molar-refractivity contribution is 5.79. The fraction of sp³-hybridized carbons (Fsp3) is 0.750. The van der Waals surface area contributed by atoms with E-state index in [9.17, 15) is 0 Å².